The number of hydrogen-bond acceptors (Lipinski definition) is 6. The molecular formula is C13H21N3O2S2. The summed E-state index contributed by atoms with van der Waals surface area (Å²) >= 11 is 1.75. The van der Waals surface area contributed by atoms with Crippen molar-refractivity contribution in [2.24, 2.45) is 0 Å². The average Bonchev–Trinajstić information content (AvgIpc) is 2.84. The number of rotatable bonds is 3. The topological polar surface area (TPSA) is 62.3 Å². The summed E-state index contributed by atoms with van der Waals surface area (Å²) in [6, 6.07) is 0.434. The second-order valence-corrected chi connectivity index (χ2v) is 8.76. The Morgan fingerprint density at radius 3 is 2.85 bits per heavy atom. The Bertz CT molecular complexity index is 568. The van der Waals surface area contributed by atoms with Gasteiger partial charge < -0.3 is 10.2 Å². The summed E-state index contributed by atoms with van der Waals surface area (Å²) in [7, 11) is -2.82. The van der Waals surface area contributed by atoms with Crippen molar-refractivity contribution in [2.75, 3.05) is 36.0 Å². The number of fused-ring (bicyclic) bond motifs is 1. The fourth-order valence-electron chi connectivity index (χ4n) is 2.89. The van der Waals surface area contributed by atoms with Crippen molar-refractivity contribution in [1.82, 2.24) is 10.3 Å². The van der Waals surface area contributed by atoms with Crippen molar-refractivity contribution in [3.63, 3.8) is 0 Å². The molecule has 1 aromatic rings. The number of thiazole rings is 1. The van der Waals surface area contributed by atoms with Gasteiger partial charge in [-0.3, -0.25) is 0 Å². The van der Waals surface area contributed by atoms with Gasteiger partial charge in [0, 0.05) is 24.0 Å². The van der Waals surface area contributed by atoms with Crippen LogP contribution in [0.25, 0.3) is 0 Å². The summed E-state index contributed by atoms with van der Waals surface area (Å²) in [4.78, 5) is 8.26. The van der Waals surface area contributed by atoms with Gasteiger partial charge in [-0.1, -0.05) is 18.3 Å². The molecule has 20 heavy (non-hydrogen) atoms. The van der Waals surface area contributed by atoms with Crippen LogP contribution in [0.5, 0.6) is 0 Å². The van der Waals surface area contributed by atoms with Gasteiger partial charge in [0.15, 0.2) is 15.0 Å². The SMILES string of the molecule is CCNC1CCCc2nc(N3CCS(=O)(=O)CC3)sc21. The minimum atomic E-state index is -2.82. The van der Waals surface area contributed by atoms with E-state index in [9.17, 15) is 8.42 Å². The number of anilines is 1. The first-order valence-corrected chi connectivity index (χ1v) is 9.91. The Labute approximate surface area is 124 Å². The predicted molar refractivity (Wildman–Crippen MR) is 82.3 cm³/mol. The molecule has 1 aliphatic carbocycles. The molecule has 7 heteroatoms. The molecule has 0 spiro atoms. The second-order valence-electron chi connectivity index (χ2n) is 5.45. The van der Waals surface area contributed by atoms with Crippen LogP contribution in [0.3, 0.4) is 0 Å². The second kappa shape index (κ2) is 5.61. The molecule has 3 rings (SSSR count). The van der Waals surface area contributed by atoms with Crippen LogP contribution in [-0.4, -0.2) is 44.5 Å². The summed E-state index contributed by atoms with van der Waals surface area (Å²) in [5.74, 6) is 0.516. The van der Waals surface area contributed by atoms with Gasteiger partial charge in [0.2, 0.25) is 0 Å². The van der Waals surface area contributed by atoms with Crippen LogP contribution in [0.2, 0.25) is 0 Å². The molecule has 0 bridgehead atoms. The molecule has 1 aliphatic heterocycles. The van der Waals surface area contributed by atoms with E-state index in [-0.39, 0.29) is 11.5 Å². The van der Waals surface area contributed by atoms with Crippen LogP contribution in [-0.2, 0) is 16.3 Å². The molecule has 1 N–H and O–H groups in total. The summed E-state index contributed by atoms with van der Waals surface area (Å²) in [6.07, 6.45) is 3.42. The maximum absolute atomic E-state index is 11.5. The van der Waals surface area contributed by atoms with Gasteiger partial charge in [0.05, 0.1) is 17.2 Å². The Kier molecular flexibility index (Phi) is 4.01. The summed E-state index contributed by atoms with van der Waals surface area (Å²) in [5.41, 5.74) is 1.22. The molecule has 1 saturated heterocycles. The lowest BCUT2D eigenvalue weighted by molar-refractivity contribution is 0.476. The van der Waals surface area contributed by atoms with Gasteiger partial charge in [-0.15, -0.1) is 0 Å². The third-order valence-corrected chi connectivity index (χ3v) is 6.89. The van der Waals surface area contributed by atoms with Gasteiger partial charge in [0.1, 0.15) is 0 Å². The first kappa shape index (κ1) is 14.3. The number of hydrogen-bond donors (Lipinski definition) is 1. The first-order valence-electron chi connectivity index (χ1n) is 7.27. The molecule has 0 radical (unpaired) electrons. The fourth-order valence-corrected chi connectivity index (χ4v) is 5.36. The largest absolute Gasteiger partial charge is 0.346 e. The molecule has 5 nitrogen and oxygen atoms in total. The lowest BCUT2D eigenvalue weighted by Gasteiger charge is -2.26. The lowest BCUT2D eigenvalue weighted by Crippen LogP contribution is -2.40. The van der Waals surface area contributed by atoms with E-state index in [1.165, 1.54) is 23.4 Å². The van der Waals surface area contributed by atoms with Gasteiger partial charge in [-0.25, -0.2) is 13.4 Å². The molecule has 2 aliphatic rings. The van der Waals surface area contributed by atoms with E-state index in [4.69, 9.17) is 4.98 Å². The van der Waals surface area contributed by atoms with Gasteiger partial charge in [-0.05, 0) is 25.8 Å². The third-order valence-electron chi connectivity index (χ3n) is 4.00. The van der Waals surface area contributed by atoms with E-state index in [2.05, 4.69) is 17.1 Å². The van der Waals surface area contributed by atoms with Crippen LogP contribution in [0.4, 0.5) is 5.13 Å². The average molecular weight is 315 g/mol. The normalized spacial score (nSPS) is 25.4. The summed E-state index contributed by atoms with van der Waals surface area (Å²) in [6.45, 7) is 4.27. The first-order chi connectivity index (χ1) is 9.59. The van der Waals surface area contributed by atoms with E-state index in [0.29, 0.717) is 19.1 Å². The van der Waals surface area contributed by atoms with Gasteiger partial charge in [0.25, 0.3) is 0 Å². The number of nitrogens with zero attached hydrogens (tertiary/aromatic N) is 2. The zero-order valence-corrected chi connectivity index (χ0v) is 13.4. The van der Waals surface area contributed by atoms with Crippen molar-refractivity contribution in [3.8, 4) is 0 Å². The van der Waals surface area contributed by atoms with Crippen molar-refractivity contribution < 1.29 is 8.42 Å². The van der Waals surface area contributed by atoms with E-state index >= 15 is 0 Å². The number of aromatic nitrogens is 1. The molecule has 0 amide bonds. The molecule has 1 aromatic heterocycles. The number of nitrogens with one attached hydrogen (secondary N) is 1. The van der Waals surface area contributed by atoms with Crippen molar-refractivity contribution in [1.29, 1.82) is 0 Å². The Balaban J connectivity index is 1.79. The standard InChI is InChI=1S/C13H21N3O2S2/c1-2-14-10-4-3-5-11-12(10)19-13(15-11)16-6-8-20(17,18)9-7-16/h10,14H,2-9H2,1H3. The fraction of sp³-hybridized carbons (Fsp3) is 0.769. The monoisotopic (exact) mass is 315 g/mol. The van der Waals surface area contributed by atoms with Gasteiger partial charge in [-0.2, -0.15) is 0 Å². The maximum atomic E-state index is 11.5. The van der Waals surface area contributed by atoms with Crippen LogP contribution >= 0.6 is 11.3 Å². The zero-order valence-electron chi connectivity index (χ0n) is 11.8. The Hall–Kier alpha value is -0.660. The molecule has 112 valence electrons. The van der Waals surface area contributed by atoms with E-state index < -0.39 is 9.84 Å². The highest BCUT2D eigenvalue weighted by Crippen LogP contribution is 2.37. The highest BCUT2D eigenvalue weighted by atomic mass is 32.2. The van der Waals surface area contributed by atoms with Crippen molar-refractivity contribution in [3.05, 3.63) is 10.6 Å². The minimum Gasteiger partial charge on any atom is -0.346 e. The molecule has 1 fully saturated rings. The zero-order chi connectivity index (χ0) is 14.2. The summed E-state index contributed by atoms with van der Waals surface area (Å²) < 4.78 is 23.0. The van der Waals surface area contributed by atoms with Gasteiger partial charge >= 0.3 is 0 Å². The highest BCUT2D eigenvalue weighted by molar-refractivity contribution is 7.91. The van der Waals surface area contributed by atoms with E-state index in [1.54, 1.807) is 11.3 Å². The smallest absolute Gasteiger partial charge is 0.185 e. The quantitative estimate of drug-likeness (QED) is 0.913. The molecule has 0 aromatic carbocycles. The molecular weight excluding hydrogens is 294 g/mol. The van der Waals surface area contributed by atoms with Crippen LogP contribution in [0, 0.1) is 0 Å². The molecule has 0 saturated carbocycles. The Morgan fingerprint density at radius 1 is 1.40 bits per heavy atom. The molecule has 2 heterocycles. The van der Waals surface area contributed by atoms with Crippen LogP contribution in [0.15, 0.2) is 0 Å². The van der Waals surface area contributed by atoms with Crippen LogP contribution < -0.4 is 10.2 Å². The highest BCUT2D eigenvalue weighted by Gasteiger charge is 2.28. The molecule has 1 unspecified atom stereocenters. The Morgan fingerprint density at radius 2 is 2.15 bits per heavy atom. The van der Waals surface area contributed by atoms with Crippen LogP contribution in [0.1, 0.15) is 36.4 Å². The number of sulfone groups is 1. The predicted octanol–water partition coefficient (Wildman–Crippen LogP) is 1.36. The third kappa shape index (κ3) is 2.84. The van der Waals surface area contributed by atoms with Crippen molar-refractivity contribution in [2.45, 2.75) is 32.2 Å². The molecule has 1 atom stereocenters. The van der Waals surface area contributed by atoms with E-state index in [1.807, 2.05) is 0 Å². The minimum absolute atomic E-state index is 0.258. The maximum Gasteiger partial charge on any atom is 0.185 e. The number of aryl methyl sites for hydroxylation is 1. The van der Waals surface area contributed by atoms with Crippen molar-refractivity contribution >= 4 is 26.3 Å². The summed E-state index contributed by atoms with van der Waals surface area (Å²) in [5, 5.41) is 4.53. The van der Waals surface area contributed by atoms with E-state index in [0.717, 1.165) is 18.1 Å². The lowest BCUT2D eigenvalue weighted by atomic mass is 9.98.